The van der Waals surface area contributed by atoms with Gasteiger partial charge in [-0.1, -0.05) is 66.2 Å². The van der Waals surface area contributed by atoms with Gasteiger partial charge in [0.05, 0.1) is 5.69 Å². The van der Waals surface area contributed by atoms with Crippen LogP contribution in [0.25, 0.3) is 33.8 Å². The highest BCUT2D eigenvalue weighted by molar-refractivity contribution is 6.30. The van der Waals surface area contributed by atoms with Crippen LogP contribution in [0, 0.1) is 0 Å². The predicted octanol–water partition coefficient (Wildman–Crippen LogP) is 5.90. The minimum absolute atomic E-state index is 0.779. The number of fused-ring (bicyclic) bond motifs is 3. The first-order chi connectivity index (χ1) is 12.3. The van der Waals surface area contributed by atoms with Crippen LogP contribution in [0.5, 0.6) is 0 Å². The van der Waals surface area contributed by atoms with Crippen molar-refractivity contribution in [3.8, 4) is 33.8 Å². The molecule has 0 bridgehead atoms. The normalized spacial score (nSPS) is 12.0. The molecule has 0 saturated carbocycles. The van der Waals surface area contributed by atoms with E-state index < -0.39 is 0 Å². The number of rotatable bonds is 2. The molecule has 2 nitrogen and oxygen atoms in total. The number of aromatic nitrogens is 2. The van der Waals surface area contributed by atoms with Crippen LogP contribution in [0.2, 0.25) is 5.02 Å². The molecule has 0 fully saturated rings. The van der Waals surface area contributed by atoms with Crippen LogP contribution in [0.4, 0.5) is 0 Å². The molecule has 5 rings (SSSR count). The van der Waals surface area contributed by atoms with Crippen LogP contribution in [0.3, 0.4) is 0 Å². The Morgan fingerprint density at radius 2 is 1.52 bits per heavy atom. The number of hydrogen-bond acceptors (Lipinski definition) is 1. The number of hydrogen-bond donors (Lipinski definition) is 0. The van der Waals surface area contributed by atoms with Crippen molar-refractivity contribution < 1.29 is 0 Å². The SMILES string of the molecule is Clc1ccc2c(c1)Cn1cc(-c3ccc(-c4ccccc4)cc3)nc1-2. The zero-order valence-corrected chi connectivity index (χ0v) is 14.2. The molecule has 0 radical (unpaired) electrons. The lowest BCUT2D eigenvalue weighted by Gasteiger charge is -2.03. The lowest BCUT2D eigenvalue weighted by Crippen LogP contribution is -1.89. The largest absolute Gasteiger partial charge is 0.326 e. The van der Waals surface area contributed by atoms with Crippen molar-refractivity contribution in [2.45, 2.75) is 6.54 Å². The summed E-state index contributed by atoms with van der Waals surface area (Å²) in [7, 11) is 0. The molecular weight excluding hydrogens is 328 g/mol. The summed E-state index contributed by atoms with van der Waals surface area (Å²) in [6.07, 6.45) is 2.13. The molecule has 1 aliphatic rings. The lowest BCUT2D eigenvalue weighted by molar-refractivity contribution is 0.848. The van der Waals surface area contributed by atoms with Gasteiger partial charge >= 0.3 is 0 Å². The smallest absolute Gasteiger partial charge is 0.141 e. The van der Waals surface area contributed by atoms with Crippen molar-refractivity contribution in [2.24, 2.45) is 0 Å². The zero-order chi connectivity index (χ0) is 16.8. The summed E-state index contributed by atoms with van der Waals surface area (Å²) in [5.74, 6) is 1.02. The highest BCUT2D eigenvalue weighted by Crippen LogP contribution is 2.35. The van der Waals surface area contributed by atoms with Gasteiger partial charge < -0.3 is 4.57 Å². The summed E-state index contributed by atoms with van der Waals surface area (Å²) in [5.41, 5.74) is 7.01. The monoisotopic (exact) mass is 342 g/mol. The van der Waals surface area contributed by atoms with Gasteiger partial charge in [-0.2, -0.15) is 0 Å². The Bertz CT molecular complexity index is 1060. The van der Waals surface area contributed by atoms with Gasteiger partial charge in [-0.05, 0) is 34.9 Å². The van der Waals surface area contributed by atoms with Gasteiger partial charge in [-0.15, -0.1) is 0 Å². The molecule has 0 N–H and O–H groups in total. The molecule has 25 heavy (non-hydrogen) atoms. The van der Waals surface area contributed by atoms with E-state index in [0.29, 0.717) is 0 Å². The molecule has 0 spiro atoms. The Morgan fingerprint density at radius 1 is 0.800 bits per heavy atom. The van der Waals surface area contributed by atoms with Crippen LogP contribution in [0.15, 0.2) is 79.0 Å². The molecule has 4 aromatic rings. The van der Waals surface area contributed by atoms with E-state index in [0.717, 1.165) is 28.6 Å². The minimum atomic E-state index is 0.779. The van der Waals surface area contributed by atoms with Gasteiger partial charge in [-0.25, -0.2) is 4.98 Å². The Labute approximate surface area is 151 Å². The van der Waals surface area contributed by atoms with Crippen molar-refractivity contribution in [3.63, 3.8) is 0 Å². The molecule has 3 aromatic carbocycles. The van der Waals surface area contributed by atoms with Crippen molar-refractivity contribution in [2.75, 3.05) is 0 Å². The van der Waals surface area contributed by atoms with E-state index in [1.165, 1.54) is 22.3 Å². The molecular formula is C22H15ClN2. The summed E-state index contributed by atoms with van der Waals surface area (Å²) in [6, 6.07) is 25.0. The Hall–Kier alpha value is -2.84. The van der Waals surface area contributed by atoms with Gasteiger partial charge in [0, 0.05) is 28.9 Å². The summed E-state index contributed by atoms with van der Waals surface area (Å²) >= 11 is 6.10. The van der Waals surface area contributed by atoms with Crippen LogP contribution in [0.1, 0.15) is 5.56 Å². The molecule has 0 atom stereocenters. The number of nitrogens with zero attached hydrogens (tertiary/aromatic N) is 2. The number of halogens is 1. The molecule has 0 amide bonds. The van der Waals surface area contributed by atoms with E-state index in [1.54, 1.807) is 0 Å². The third-order valence-electron chi connectivity index (χ3n) is 4.71. The van der Waals surface area contributed by atoms with Gasteiger partial charge in [0.15, 0.2) is 0 Å². The van der Waals surface area contributed by atoms with E-state index in [4.69, 9.17) is 16.6 Å². The minimum Gasteiger partial charge on any atom is -0.326 e. The van der Waals surface area contributed by atoms with Crippen LogP contribution >= 0.6 is 11.6 Å². The van der Waals surface area contributed by atoms with Crippen molar-refractivity contribution in [3.05, 3.63) is 89.6 Å². The van der Waals surface area contributed by atoms with Gasteiger partial charge in [0.25, 0.3) is 0 Å². The van der Waals surface area contributed by atoms with Gasteiger partial charge in [0.1, 0.15) is 5.82 Å². The fraction of sp³-hybridized carbons (Fsp3) is 0.0455. The summed E-state index contributed by atoms with van der Waals surface area (Å²) in [5, 5.41) is 0.779. The second-order valence-electron chi connectivity index (χ2n) is 6.32. The zero-order valence-electron chi connectivity index (χ0n) is 13.5. The Morgan fingerprint density at radius 3 is 2.32 bits per heavy atom. The van der Waals surface area contributed by atoms with Crippen LogP contribution in [-0.2, 0) is 6.54 Å². The second kappa shape index (κ2) is 5.61. The van der Waals surface area contributed by atoms with E-state index >= 15 is 0 Å². The van der Waals surface area contributed by atoms with E-state index in [-0.39, 0.29) is 0 Å². The molecule has 3 heteroatoms. The number of benzene rings is 3. The number of imidazole rings is 1. The van der Waals surface area contributed by atoms with Crippen molar-refractivity contribution >= 4 is 11.6 Å². The Balaban J connectivity index is 1.50. The highest BCUT2D eigenvalue weighted by Gasteiger charge is 2.21. The maximum atomic E-state index is 6.10. The van der Waals surface area contributed by atoms with E-state index in [9.17, 15) is 0 Å². The molecule has 2 heterocycles. The van der Waals surface area contributed by atoms with Crippen molar-refractivity contribution in [1.82, 2.24) is 9.55 Å². The third kappa shape index (κ3) is 2.46. The van der Waals surface area contributed by atoms with E-state index in [2.05, 4.69) is 65.4 Å². The third-order valence-corrected chi connectivity index (χ3v) is 4.95. The van der Waals surface area contributed by atoms with E-state index in [1.807, 2.05) is 18.2 Å². The molecule has 0 saturated heterocycles. The lowest BCUT2D eigenvalue weighted by atomic mass is 10.0. The topological polar surface area (TPSA) is 17.8 Å². The molecule has 1 aromatic heterocycles. The maximum absolute atomic E-state index is 6.10. The fourth-order valence-corrected chi connectivity index (χ4v) is 3.64. The summed E-state index contributed by atoms with van der Waals surface area (Å²) in [6.45, 7) is 0.834. The second-order valence-corrected chi connectivity index (χ2v) is 6.76. The van der Waals surface area contributed by atoms with Gasteiger partial charge in [0.2, 0.25) is 0 Å². The summed E-state index contributed by atoms with van der Waals surface area (Å²) < 4.78 is 2.20. The van der Waals surface area contributed by atoms with Crippen LogP contribution in [-0.4, -0.2) is 9.55 Å². The first-order valence-corrected chi connectivity index (χ1v) is 8.67. The average Bonchev–Trinajstić information content (AvgIpc) is 3.20. The molecule has 0 aliphatic carbocycles. The maximum Gasteiger partial charge on any atom is 0.141 e. The predicted molar refractivity (Wildman–Crippen MR) is 103 cm³/mol. The summed E-state index contributed by atoms with van der Waals surface area (Å²) in [4.78, 5) is 4.85. The average molecular weight is 343 g/mol. The Kier molecular flexibility index (Phi) is 3.25. The molecule has 1 aliphatic heterocycles. The first kappa shape index (κ1) is 14.5. The molecule has 0 unspecified atom stereocenters. The van der Waals surface area contributed by atoms with Gasteiger partial charge in [-0.3, -0.25) is 0 Å². The fourth-order valence-electron chi connectivity index (χ4n) is 3.45. The quantitative estimate of drug-likeness (QED) is 0.390. The molecule has 120 valence electrons. The highest BCUT2D eigenvalue weighted by atomic mass is 35.5. The van der Waals surface area contributed by atoms with Crippen LogP contribution < -0.4 is 0 Å². The first-order valence-electron chi connectivity index (χ1n) is 8.30. The van der Waals surface area contributed by atoms with Crippen molar-refractivity contribution in [1.29, 1.82) is 0 Å². The standard InChI is InChI=1S/C22H15ClN2/c23-19-10-11-20-18(12-19)13-25-14-21(24-22(20)25)17-8-6-16(7-9-17)15-4-2-1-3-5-15/h1-12,14H,13H2.